The van der Waals surface area contributed by atoms with Gasteiger partial charge >= 0.3 is 0 Å². The van der Waals surface area contributed by atoms with Gasteiger partial charge in [-0.1, -0.05) is 11.6 Å². The van der Waals surface area contributed by atoms with Gasteiger partial charge < -0.3 is 15.5 Å². The summed E-state index contributed by atoms with van der Waals surface area (Å²) < 4.78 is 0. The first-order valence-corrected chi connectivity index (χ1v) is 7.56. The number of anilines is 1. The number of piperazine rings is 1. The van der Waals surface area contributed by atoms with Gasteiger partial charge in [-0.05, 0) is 31.0 Å². The topological polar surface area (TPSA) is 66.6 Å². The molecule has 3 rings (SSSR count). The summed E-state index contributed by atoms with van der Waals surface area (Å²) in [5, 5.41) is 0.459. The van der Waals surface area contributed by atoms with Crippen LogP contribution < -0.4 is 5.73 Å². The Morgan fingerprint density at radius 2 is 1.67 bits per heavy atom. The van der Waals surface area contributed by atoms with Crippen LogP contribution in [0, 0.1) is 5.92 Å². The van der Waals surface area contributed by atoms with Crippen LogP contribution in [0.4, 0.5) is 5.69 Å². The number of benzene rings is 1. The molecule has 2 amide bonds. The summed E-state index contributed by atoms with van der Waals surface area (Å²) in [6.45, 7) is 2.33. The van der Waals surface area contributed by atoms with Gasteiger partial charge in [0.25, 0.3) is 5.91 Å². The number of halogens is 1. The van der Waals surface area contributed by atoms with Crippen molar-refractivity contribution in [1.82, 2.24) is 9.80 Å². The average molecular weight is 308 g/mol. The van der Waals surface area contributed by atoms with Crippen molar-refractivity contribution in [2.75, 3.05) is 31.9 Å². The van der Waals surface area contributed by atoms with Crippen LogP contribution in [0.15, 0.2) is 18.2 Å². The summed E-state index contributed by atoms with van der Waals surface area (Å²) in [4.78, 5) is 28.0. The van der Waals surface area contributed by atoms with E-state index >= 15 is 0 Å². The second kappa shape index (κ2) is 5.56. The molecule has 1 saturated carbocycles. The van der Waals surface area contributed by atoms with Crippen LogP contribution in [0.3, 0.4) is 0 Å². The predicted molar refractivity (Wildman–Crippen MR) is 81.1 cm³/mol. The number of carbonyl (C=O) groups excluding carboxylic acids is 2. The molecule has 0 atom stereocenters. The van der Waals surface area contributed by atoms with E-state index in [0.717, 1.165) is 12.8 Å². The minimum Gasteiger partial charge on any atom is -0.399 e. The van der Waals surface area contributed by atoms with Crippen LogP contribution in [-0.4, -0.2) is 47.8 Å². The van der Waals surface area contributed by atoms with E-state index in [9.17, 15) is 9.59 Å². The standard InChI is InChI=1S/C15H18ClN3O2/c16-12-7-11(8-13(17)9-12)15(21)19-5-3-18(4-6-19)14(20)10-1-2-10/h7-10H,1-6,17H2. The number of carbonyl (C=O) groups is 2. The first-order chi connectivity index (χ1) is 10.0. The summed E-state index contributed by atoms with van der Waals surface area (Å²) in [6, 6.07) is 4.88. The van der Waals surface area contributed by atoms with Crippen molar-refractivity contribution in [2.24, 2.45) is 5.92 Å². The lowest BCUT2D eigenvalue weighted by Gasteiger charge is -2.35. The van der Waals surface area contributed by atoms with Crippen molar-refractivity contribution < 1.29 is 9.59 Å². The number of hydrogen-bond donors (Lipinski definition) is 1. The Morgan fingerprint density at radius 1 is 1.05 bits per heavy atom. The molecule has 1 saturated heterocycles. The van der Waals surface area contributed by atoms with Gasteiger partial charge in [0, 0.05) is 48.4 Å². The van der Waals surface area contributed by atoms with E-state index < -0.39 is 0 Å². The Bertz CT molecular complexity index is 558. The molecular weight excluding hydrogens is 290 g/mol. The highest BCUT2D eigenvalue weighted by molar-refractivity contribution is 6.31. The van der Waals surface area contributed by atoms with Crippen LogP contribution in [0.2, 0.25) is 5.02 Å². The third-order valence-corrected chi connectivity index (χ3v) is 4.19. The van der Waals surface area contributed by atoms with Crippen molar-refractivity contribution in [3.8, 4) is 0 Å². The van der Waals surface area contributed by atoms with E-state index in [1.807, 2.05) is 4.90 Å². The Balaban J connectivity index is 1.63. The normalized spacial score (nSPS) is 18.7. The fraction of sp³-hybridized carbons (Fsp3) is 0.467. The molecule has 21 heavy (non-hydrogen) atoms. The minimum atomic E-state index is -0.0808. The number of nitrogens with zero attached hydrogens (tertiary/aromatic N) is 2. The lowest BCUT2D eigenvalue weighted by Crippen LogP contribution is -2.51. The van der Waals surface area contributed by atoms with Crippen LogP contribution in [-0.2, 0) is 4.79 Å². The second-order valence-corrected chi connectivity index (χ2v) is 6.10. The van der Waals surface area contributed by atoms with Crippen LogP contribution >= 0.6 is 11.6 Å². The molecule has 0 radical (unpaired) electrons. The highest BCUT2D eigenvalue weighted by Gasteiger charge is 2.35. The molecule has 2 fully saturated rings. The van der Waals surface area contributed by atoms with E-state index in [4.69, 9.17) is 17.3 Å². The summed E-state index contributed by atoms with van der Waals surface area (Å²) in [7, 11) is 0. The van der Waals surface area contributed by atoms with Crippen molar-refractivity contribution in [1.29, 1.82) is 0 Å². The molecule has 1 heterocycles. The highest BCUT2D eigenvalue weighted by atomic mass is 35.5. The SMILES string of the molecule is Nc1cc(Cl)cc(C(=O)N2CCN(C(=O)C3CC3)CC2)c1. The molecule has 0 bridgehead atoms. The number of nitrogens with two attached hydrogens (primary N) is 1. The van der Waals surface area contributed by atoms with Gasteiger partial charge in [0.1, 0.15) is 0 Å². The van der Waals surface area contributed by atoms with Crippen LogP contribution in [0.25, 0.3) is 0 Å². The summed E-state index contributed by atoms with van der Waals surface area (Å²) in [6.07, 6.45) is 2.03. The van der Waals surface area contributed by atoms with E-state index in [-0.39, 0.29) is 17.7 Å². The van der Waals surface area contributed by atoms with Gasteiger partial charge in [-0.3, -0.25) is 9.59 Å². The molecule has 112 valence electrons. The van der Waals surface area contributed by atoms with E-state index in [2.05, 4.69) is 0 Å². The quantitative estimate of drug-likeness (QED) is 0.844. The summed E-state index contributed by atoms with van der Waals surface area (Å²) in [5.41, 5.74) is 6.70. The van der Waals surface area contributed by atoms with E-state index in [1.165, 1.54) is 0 Å². The Hall–Kier alpha value is -1.75. The maximum Gasteiger partial charge on any atom is 0.254 e. The molecule has 0 aromatic heterocycles. The molecule has 0 spiro atoms. The number of nitrogen functional groups attached to an aromatic ring is 1. The molecule has 1 aliphatic heterocycles. The minimum absolute atomic E-state index is 0.0808. The van der Waals surface area contributed by atoms with Gasteiger partial charge in [-0.2, -0.15) is 0 Å². The lowest BCUT2D eigenvalue weighted by atomic mass is 10.1. The third-order valence-electron chi connectivity index (χ3n) is 3.97. The molecule has 2 N–H and O–H groups in total. The first-order valence-electron chi connectivity index (χ1n) is 7.19. The van der Waals surface area contributed by atoms with Crippen molar-refractivity contribution >= 4 is 29.1 Å². The van der Waals surface area contributed by atoms with Gasteiger partial charge in [-0.15, -0.1) is 0 Å². The molecule has 1 aromatic carbocycles. The maximum absolute atomic E-state index is 12.4. The smallest absolute Gasteiger partial charge is 0.254 e. The molecule has 1 aromatic rings. The summed E-state index contributed by atoms with van der Waals surface area (Å²) in [5.74, 6) is 0.400. The lowest BCUT2D eigenvalue weighted by molar-refractivity contribution is -0.134. The number of rotatable bonds is 2. The third kappa shape index (κ3) is 3.13. The van der Waals surface area contributed by atoms with Crippen molar-refractivity contribution in [3.05, 3.63) is 28.8 Å². The molecule has 6 heteroatoms. The predicted octanol–water partition coefficient (Wildman–Crippen LogP) is 1.62. The van der Waals surface area contributed by atoms with E-state index in [1.54, 1.807) is 23.1 Å². The van der Waals surface area contributed by atoms with Crippen LogP contribution in [0.1, 0.15) is 23.2 Å². The van der Waals surface area contributed by atoms with Gasteiger partial charge in [0.05, 0.1) is 0 Å². The largest absolute Gasteiger partial charge is 0.399 e. The van der Waals surface area contributed by atoms with Gasteiger partial charge in [0.15, 0.2) is 0 Å². The van der Waals surface area contributed by atoms with Crippen molar-refractivity contribution in [2.45, 2.75) is 12.8 Å². The first kappa shape index (κ1) is 14.2. The zero-order chi connectivity index (χ0) is 15.0. The fourth-order valence-electron chi connectivity index (χ4n) is 2.64. The number of hydrogen-bond acceptors (Lipinski definition) is 3. The highest BCUT2D eigenvalue weighted by Crippen LogP contribution is 2.31. The molecule has 2 aliphatic rings. The Labute approximate surface area is 128 Å². The molecule has 5 nitrogen and oxygen atoms in total. The van der Waals surface area contributed by atoms with Crippen molar-refractivity contribution in [3.63, 3.8) is 0 Å². The Morgan fingerprint density at radius 3 is 2.24 bits per heavy atom. The van der Waals surface area contributed by atoms with Gasteiger partial charge in [0.2, 0.25) is 5.91 Å². The maximum atomic E-state index is 12.4. The molecule has 0 unspecified atom stereocenters. The van der Waals surface area contributed by atoms with Crippen LogP contribution in [0.5, 0.6) is 0 Å². The Kier molecular flexibility index (Phi) is 3.76. The fourth-order valence-corrected chi connectivity index (χ4v) is 2.88. The zero-order valence-electron chi connectivity index (χ0n) is 11.7. The average Bonchev–Trinajstić information content (AvgIpc) is 3.29. The zero-order valence-corrected chi connectivity index (χ0v) is 12.5. The molecular formula is C15H18ClN3O2. The van der Waals surface area contributed by atoms with Gasteiger partial charge in [-0.25, -0.2) is 0 Å². The molecule has 1 aliphatic carbocycles. The number of amides is 2. The second-order valence-electron chi connectivity index (χ2n) is 5.66. The monoisotopic (exact) mass is 307 g/mol. The van der Waals surface area contributed by atoms with E-state index in [0.29, 0.717) is 42.5 Å². The summed E-state index contributed by atoms with van der Waals surface area (Å²) >= 11 is 5.94.